The second kappa shape index (κ2) is 6.54. The molecule has 2 rings (SSSR count). The molecular formula is C13H22N4O. The van der Waals surface area contributed by atoms with Crippen LogP contribution in [-0.2, 0) is 17.9 Å². The van der Waals surface area contributed by atoms with Crippen LogP contribution in [0.25, 0.3) is 0 Å². The minimum atomic E-state index is 0.111. The minimum Gasteiger partial charge on any atom is -0.351 e. The van der Waals surface area contributed by atoms with Crippen LogP contribution < -0.4 is 5.32 Å². The van der Waals surface area contributed by atoms with Crippen molar-refractivity contribution < 1.29 is 4.79 Å². The molecular weight excluding hydrogens is 228 g/mol. The highest BCUT2D eigenvalue weighted by Gasteiger charge is 2.14. The standard InChI is InChI=1S/C13H22N4O/c1-2-5-17-10-12(9-15-17)8-14-13(18)11-16-6-3-4-7-16/h9-10H,2-8,11H2,1H3,(H,14,18). The number of amides is 1. The molecule has 1 fully saturated rings. The number of nitrogens with zero attached hydrogens (tertiary/aromatic N) is 3. The van der Waals surface area contributed by atoms with Crippen molar-refractivity contribution in [2.24, 2.45) is 0 Å². The van der Waals surface area contributed by atoms with Gasteiger partial charge in [-0.1, -0.05) is 6.92 Å². The molecule has 0 radical (unpaired) electrons. The number of nitrogens with one attached hydrogen (secondary N) is 1. The van der Waals surface area contributed by atoms with Gasteiger partial charge in [-0.15, -0.1) is 0 Å². The molecule has 1 aromatic heterocycles. The summed E-state index contributed by atoms with van der Waals surface area (Å²) in [5.74, 6) is 0.111. The van der Waals surface area contributed by atoms with E-state index >= 15 is 0 Å². The Balaban J connectivity index is 1.70. The molecule has 0 aliphatic carbocycles. The zero-order valence-corrected chi connectivity index (χ0v) is 11.1. The van der Waals surface area contributed by atoms with Gasteiger partial charge in [0.2, 0.25) is 5.91 Å². The van der Waals surface area contributed by atoms with Crippen LogP contribution in [0.4, 0.5) is 0 Å². The van der Waals surface area contributed by atoms with Crippen LogP contribution in [0.15, 0.2) is 12.4 Å². The number of hydrogen-bond acceptors (Lipinski definition) is 3. The molecule has 5 heteroatoms. The number of aromatic nitrogens is 2. The number of carbonyl (C=O) groups excluding carboxylic acids is 1. The normalized spacial score (nSPS) is 16.1. The van der Waals surface area contributed by atoms with Gasteiger partial charge < -0.3 is 5.32 Å². The maximum absolute atomic E-state index is 11.7. The van der Waals surface area contributed by atoms with Crippen molar-refractivity contribution in [3.63, 3.8) is 0 Å². The Bertz CT molecular complexity index is 382. The quantitative estimate of drug-likeness (QED) is 0.819. The number of aryl methyl sites for hydroxylation is 1. The number of rotatable bonds is 6. The van der Waals surface area contributed by atoms with Crippen LogP contribution in [0.1, 0.15) is 31.7 Å². The third kappa shape index (κ3) is 3.84. The smallest absolute Gasteiger partial charge is 0.234 e. The van der Waals surface area contributed by atoms with Crippen LogP contribution in [0.3, 0.4) is 0 Å². The van der Waals surface area contributed by atoms with Crippen LogP contribution in [-0.4, -0.2) is 40.2 Å². The highest BCUT2D eigenvalue weighted by molar-refractivity contribution is 5.78. The lowest BCUT2D eigenvalue weighted by molar-refractivity contribution is -0.122. The lowest BCUT2D eigenvalue weighted by Gasteiger charge is -2.13. The summed E-state index contributed by atoms with van der Waals surface area (Å²) in [5, 5.41) is 7.19. The van der Waals surface area contributed by atoms with E-state index in [1.54, 1.807) is 0 Å². The summed E-state index contributed by atoms with van der Waals surface area (Å²) >= 11 is 0. The van der Waals surface area contributed by atoms with Gasteiger partial charge in [-0.3, -0.25) is 14.4 Å². The van der Waals surface area contributed by atoms with Gasteiger partial charge in [0, 0.05) is 24.8 Å². The van der Waals surface area contributed by atoms with Crippen molar-refractivity contribution in [2.75, 3.05) is 19.6 Å². The second-order valence-electron chi connectivity index (χ2n) is 4.87. The fourth-order valence-corrected chi connectivity index (χ4v) is 2.25. The van der Waals surface area contributed by atoms with E-state index < -0.39 is 0 Å². The highest BCUT2D eigenvalue weighted by Crippen LogP contribution is 2.06. The van der Waals surface area contributed by atoms with E-state index in [2.05, 4.69) is 22.2 Å². The summed E-state index contributed by atoms with van der Waals surface area (Å²) in [6.07, 6.45) is 7.34. The Hall–Kier alpha value is -1.36. The monoisotopic (exact) mass is 250 g/mol. The van der Waals surface area contributed by atoms with E-state index in [4.69, 9.17) is 0 Å². The lowest BCUT2D eigenvalue weighted by atomic mass is 10.3. The second-order valence-corrected chi connectivity index (χ2v) is 4.87. The van der Waals surface area contributed by atoms with Gasteiger partial charge in [0.25, 0.3) is 0 Å². The minimum absolute atomic E-state index is 0.111. The first-order valence-corrected chi connectivity index (χ1v) is 6.78. The maximum atomic E-state index is 11.7. The molecule has 1 aromatic rings. The SMILES string of the molecule is CCCn1cc(CNC(=O)CN2CCCC2)cn1. The molecule has 1 N–H and O–H groups in total. The van der Waals surface area contributed by atoms with Gasteiger partial charge in [0.15, 0.2) is 0 Å². The van der Waals surface area contributed by atoms with E-state index in [9.17, 15) is 4.79 Å². The molecule has 0 spiro atoms. The van der Waals surface area contributed by atoms with Crippen molar-refractivity contribution in [3.05, 3.63) is 18.0 Å². The number of hydrogen-bond donors (Lipinski definition) is 1. The maximum Gasteiger partial charge on any atom is 0.234 e. The predicted molar refractivity (Wildman–Crippen MR) is 70.0 cm³/mol. The average molecular weight is 250 g/mol. The van der Waals surface area contributed by atoms with Gasteiger partial charge in [-0.25, -0.2) is 0 Å². The first-order valence-electron chi connectivity index (χ1n) is 6.78. The fourth-order valence-electron chi connectivity index (χ4n) is 2.25. The molecule has 5 nitrogen and oxygen atoms in total. The molecule has 100 valence electrons. The molecule has 0 aromatic carbocycles. The molecule has 0 unspecified atom stereocenters. The van der Waals surface area contributed by atoms with E-state index in [1.807, 2.05) is 17.1 Å². The van der Waals surface area contributed by atoms with Crippen LogP contribution in [0.2, 0.25) is 0 Å². The van der Waals surface area contributed by atoms with Crippen molar-refractivity contribution in [1.29, 1.82) is 0 Å². The molecule has 0 bridgehead atoms. The number of carbonyl (C=O) groups is 1. The van der Waals surface area contributed by atoms with Gasteiger partial charge in [-0.2, -0.15) is 5.10 Å². The molecule has 1 saturated heterocycles. The highest BCUT2D eigenvalue weighted by atomic mass is 16.2. The summed E-state index contributed by atoms with van der Waals surface area (Å²) in [6, 6.07) is 0. The zero-order chi connectivity index (χ0) is 12.8. The van der Waals surface area contributed by atoms with Gasteiger partial charge in [0.05, 0.1) is 12.7 Å². The third-order valence-corrected chi connectivity index (χ3v) is 3.20. The first-order chi connectivity index (χ1) is 8.78. The topological polar surface area (TPSA) is 50.2 Å². The number of likely N-dealkylation sites (tertiary alicyclic amines) is 1. The summed E-state index contributed by atoms with van der Waals surface area (Å²) < 4.78 is 1.92. The van der Waals surface area contributed by atoms with Crippen molar-refractivity contribution in [3.8, 4) is 0 Å². The van der Waals surface area contributed by atoms with Gasteiger partial charge in [-0.05, 0) is 32.4 Å². The fraction of sp³-hybridized carbons (Fsp3) is 0.692. The Labute approximate surface area is 108 Å². The Morgan fingerprint density at radius 3 is 2.94 bits per heavy atom. The Morgan fingerprint density at radius 1 is 1.44 bits per heavy atom. The summed E-state index contributed by atoms with van der Waals surface area (Å²) in [4.78, 5) is 13.9. The largest absolute Gasteiger partial charge is 0.351 e. The molecule has 0 atom stereocenters. The van der Waals surface area contributed by atoms with E-state index in [1.165, 1.54) is 12.8 Å². The molecule has 0 saturated carbocycles. The van der Waals surface area contributed by atoms with Crippen LogP contribution in [0, 0.1) is 0 Å². The Morgan fingerprint density at radius 2 is 2.22 bits per heavy atom. The van der Waals surface area contributed by atoms with Crippen LogP contribution in [0.5, 0.6) is 0 Å². The molecule has 1 aliphatic heterocycles. The van der Waals surface area contributed by atoms with E-state index in [0.29, 0.717) is 13.1 Å². The summed E-state index contributed by atoms with van der Waals surface area (Å²) in [6.45, 7) is 6.28. The van der Waals surface area contributed by atoms with Crippen LogP contribution >= 0.6 is 0 Å². The molecule has 18 heavy (non-hydrogen) atoms. The molecule has 2 heterocycles. The van der Waals surface area contributed by atoms with Gasteiger partial charge >= 0.3 is 0 Å². The summed E-state index contributed by atoms with van der Waals surface area (Å²) in [5.41, 5.74) is 1.07. The molecule has 1 aliphatic rings. The van der Waals surface area contributed by atoms with E-state index in [-0.39, 0.29) is 5.91 Å². The van der Waals surface area contributed by atoms with Crippen molar-refractivity contribution in [2.45, 2.75) is 39.3 Å². The Kier molecular flexibility index (Phi) is 4.75. The van der Waals surface area contributed by atoms with Crippen molar-refractivity contribution >= 4 is 5.91 Å². The first kappa shape index (κ1) is 13.1. The van der Waals surface area contributed by atoms with Gasteiger partial charge in [0.1, 0.15) is 0 Å². The van der Waals surface area contributed by atoms with E-state index in [0.717, 1.165) is 31.6 Å². The van der Waals surface area contributed by atoms with Crippen molar-refractivity contribution in [1.82, 2.24) is 20.0 Å². The molecule has 1 amide bonds. The summed E-state index contributed by atoms with van der Waals surface area (Å²) in [7, 11) is 0. The average Bonchev–Trinajstić information content (AvgIpc) is 2.99. The lowest BCUT2D eigenvalue weighted by Crippen LogP contribution is -2.35. The zero-order valence-electron chi connectivity index (χ0n) is 11.1. The third-order valence-electron chi connectivity index (χ3n) is 3.20. The predicted octanol–water partition coefficient (Wildman–Crippen LogP) is 1.01.